The Morgan fingerprint density at radius 3 is 2.88 bits per heavy atom. The Bertz CT molecular complexity index is 360. The molecule has 1 aromatic carbocycles. The predicted molar refractivity (Wildman–Crippen MR) is 70.8 cm³/mol. The molecule has 1 aliphatic rings. The van der Waals surface area contributed by atoms with Gasteiger partial charge in [-0.25, -0.2) is 0 Å². The fourth-order valence-electron chi connectivity index (χ4n) is 2.48. The molecule has 1 heterocycles. The van der Waals surface area contributed by atoms with Gasteiger partial charge in [-0.05, 0) is 38.0 Å². The van der Waals surface area contributed by atoms with Gasteiger partial charge in [-0.1, -0.05) is 31.5 Å². The van der Waals surface area contributed by atoms with E-state index in [1.807, 2.05) is 30.3 Å². The molecule has 0 aliphatic carbocycles. The van der Waals surface area contributed by atoms with E-state index in [4.69, 9.17) is 4.74 Å². The molecule has 1 aromatic rings. The molecule has 1 fully saturated rings. The standard InChI is InChI=1S/C15H21NO/c1-3-8-14-9-7-12-16(14)13(2)17-15-10-5-4-6-11-15/h4-6,10-11,14H,2-3,7-9,12H2,1H3. The largest absolute Gasteiger partial charge is 0.442 e. The number of hydrogen-bond acceptors (Lipinski definition) is 2. The van der Waals surface area contributed by atoms with Gasteiger partial charge in [0.15, 0.2) is 5.88 Å². The maximum absolute atomic E-state index is 5.81. The van der Waals surface area contributed by atoms with Crippen molar-refractivity contribution < 1.29 is 4.74 Å². The van der Waals surface area contributed by atoms with Crippen LogP contribution in [0.4, 0.5) is 0 Å². The molecule has 1 atom stereocenters. The van der Waals surface area contributed by atoms with Crippen molar-refractivity contribution >= 4 is 0 Å². The summed E-state index contributed by atoms with van der Waals surface area (Å²) in [6.45, 7) is 7.38. The molecule has 1 aliphatic heterocycles. The van der Waals surface area contributed by atoms with Crippen molar-refractivity contribution in [2.24, 2.45) is 0 Å². The lowest BCUT2D eigenvalue weighted by molar-refractivity contribution is 0.197. The smallest absolute Gasteiger partial charge is 0.188 e. The van der Waals surface area contributed by atoms with Crippen LogP contribution in [0, 0.1) is 0 Å². The third-order valence-electron chi connectivity index (χ3n) is 3.30. The van der Waals surface area contributed by atoms with Gasteiger partial charge in [0.1, 0.15) is 5.75 Å². The quantitative estimate of drug-likeness (QED) is 0.715. The van der Waals surface area contributed by atoms with Gasteiger partial charge >= 0.3 is 0 Å². The van der Waals surface area contributed by atoms with E-state index >= 15 is 0 Å². The Morgan fingerprint density at radius 2 is 2.18 bits per heavy atom. The Labute approximate surface area is 104 Å². The molecule has 0 amide bonds. The van der Waals surface area contributed by atoms with E-state index in [-0.39, 0.29) is 0 Å². The van der Waals surface area contributed by atoms with Gasteiger partial charge < -0.3 is 9.64 Å². The van der Waals surface area contributed by atoms with Crippen molar-refractivity contribution in [3.63, 3.8) is 0 Å². The number of ether oxygens (including phenoxy) is 1. The summed E-state index contributed by atoms with van der Waals surface area (Å²) in [5.74, 6) is 1.67. The van der Waals surface area contributed by atoms with Crippen molar-refractivity contribution in [2.45, 2.75) is 38.6 Å². The monoisotopic (exact) mass is 231 g/mol. The SMILES string of the molecule is C=C(Oc1ccccc1)N1CCCC1CCC. The van der Waals surface area contributed by atoms with Crippen LogP contribution in [0.5, 0.6) is 5.75 Å². The highest BCUT2D eigenvalue weighted by Gasteiger charge is 2.25. The van der Waals surface area contributed by atoms with Crippen molar-refractivity contribution in [1.82, 2.24) is 4.90 Å². The van der Waals surface area contributed by atoms with Crippen LogP contribution in [0.2, 0.25) is 0 Å². The van der Waals surface area contributed by atoms with Gasteiger partial charge in [0.05, 0.1) is 0 Å². The van der Waals surface area contributed by atoms with Crippen LogP contribution in [0.3, 0.4) is 0 Å². The van der Waals surface area contributed by atoms with Crippen LogP contribution in [-0.4, -0.2) is 17.5 Å². The topological polar surface area (TPSA) is 12.5 Å². The molecule has 2 rings (SSSR count). The first-order valence-electron chi connectivity index (χ1n) is 6.49. The summed E-state index contributed by atoms with van der Waals surface area (Å²) >= 11 is 0. The van der Waals surface area contributed by atoms with Gasteiger partial charge in [0, 0.05) is 12.6 Å². The molecule has 2 heteroatoms. The number of rotatable bonds is 5. The minimum absolute atomic E-state index is 0.621. The molecule has 17 heavy (non-hydrogen) atoms. The number of para-hydroxylation sites is 1. The summed E-state index contributed by atoms with van der Waals surface area (Å²) < 4.78 is 5.81. The Hall–Kier alpha value is -1.44. The molecule has 0 saturated carbocycles. The summed E-state index contributed by atoms with van der Waals surface area (Å²) in [5.41, 5.74) is 0. The predicted octanol–water partition coefficient (Wildman–Crippen LogP) is 3.80. The molecule has 0 bridgehead atoms. The molecule has 2 nitrogen and oxygen atoms in total. The number of benzene rings is 1. The molecule has 0 spiro atoms. The van der Waals surface area contributed by atoms with Gasteiger partial charge in [-0.15, -0.1) is 0 Å². The molecule has 1 unspecified atom stereocenters. The van der Waals surface area contributed by atoms with Crippen molar-refractivity contribution in [3.8, 4) is 5.75 Å². The van der Waals surface area contributed by atoms with Crippen LogP contribution in [0.25, 0.3) is 0 Å². The van der Waals surface area contributed by atoms with Crippen molar-refractivity contribution in [1.29, 1.82) is 0 Å². The van der Waals surface area contributed by atoms with Gasteiger partial charge in [-0.2, -0.15) is 0 Å². The number of hydrogen-bond donors (Lipinski definition) is 0. The van der Waals surface area contributed by atoms with E-state index in [1.54, 1.807) is 0 Å². The molecule has 0 N–H and O–H groups in total. The first-order valence-corrected chi connectivity index (χ1v) is 6.49. The zero-order valence-electron chi connectivity index (χ0n) is 10.6. The molecular formula is C15H21NO. The zero-order valence-corrected chi connectivity index (χ0v) is 10.6. The number of nitrogens with zero attached hydrogens (tertiary/aromatic N) is 1. The highest BCUT2D eigenvalue weighted by atomic mass is 16.5. The summed E-state index contributed by atoms with van der Waals surface area (Å²) in [5, 5.41) is 0. The minimum atomic E-state index is 0.621. The second-order valence-electron chi connectivity index (χ2n) is 4.59. The third-order valence-corrected chi connectivity index (χ3v) is 3.30. The lowest BCUT2D eigenvalue weighted by atomic mass is 10.1. The van der Waals surface area contributed by atoms with Crippen LogP contribution >= 0.6 is 0 Å². The highest BCUT2D eigenvalue weighted by molar-refractivity contribution is 5.23. The maximum Gasteiger partial charge on any atom is 0.188 e. The number of likely N-dealkylation sites (tertiary alicyclic amines) is 1. The Morgan fingerprint density at radius 1 is 1.41 bits per heavy atom. The van der Waals surface area contributed by atoms with Gasteiger partial charge in [0.2, 0.25) is 0 Å². The lowest BCUT2D eigenvalue weighted by Crippen LogP contribution is -2.30. The van der Waals surface area contributed by atoms with Gasteiger partial charge in [0.25, 0.3) is 0 Å². The fourth-order valence-corrected chi connectivity index (χ4v) is 2.48. The minimum Gasteiger partial charge on any atom is -0.442 e. The molecular weight excluding hydrogens is 210 g/mol. The summed E-state index contributed by atoms with van der Waals surface area (Å²) in [6, 6.07) is 10.5. The fraction of sp³-hybridized carbons (Fsp3) is 0.467. The van der Waals surface area contributed by atoms with Crippen LogP contribution < -0.4 is 4.74 Å². The first-order chi connectivity index (χ1) is 8.31. The average molecular weight is 231 g/mol. The zero-order chi connectivity index (χ0) is 12.1. The van der Waals surface area contributed by atoms with E-state index in [9.17, 15) is 0 Å². The van der Waals surface area contributed by atoms with Crippen LogP contribution in [0.15, 0.2) is 42.8 Å². The molecule has 0 aromatic heterocycles. The highest BCUT2D eigenvalue weighted by Crippen LogP contribution is 2.26. The summed E-state index contributed by atoms with van der Waals surface area (Å²) in [6.07, 6.45) is 4.98. The molecule has 0 radical (unpaired) electrons. The van der Waals surface area contributed by atoms with E-state index in [2.05, 4.69) is 18.4 Å². The normalized spacial score (nSPS) is 19.4. The molecule has 92 valence electrons. The van der Waals surface area contributed by atoms with Crippen LogP contribution in [-0.2, 0) is 0 Å². The van der Waals surface area contributed by atoms with E-state index < -0.39 is 0 Å². The second kappa shape index (κ2) is 5.76. The average Bonchev–Trinajstić information content (AvgIpc) is 2.79. The lowest BCUT2D eigenvalue weighted by Gasteiger charge is -2.27. The van der Waals surface area contributed by atoms with Crippen LogP contribution in [0.1, 0.15) is 32.6 Å². The Kier molecular flexibility index (Phi) is 4.08. The van der Waals surface area contributed by atoms with Crippen molar-refractivity contribution in [2.75, 3.05) is 6.54 Å². The Balaban J connectivity index is 1.95. The summed E-state index contributed by atoms with van der Waals surface area (Å²) in [7, 11) is 0. The van der Waals surface area contributed by atoms with E-state index in [0.29, 0.717) is 6.04 Å². The first kappa shape index (κ1) is 12.0. The second-order valence-corrected chi connectivity index (χ2v) is 4.59. The molecule has 1 saturated heterocycles. The third kappa shape index (κ3) is 3.02. The summed E-state index contributed by atoms with van der Waals surface area (Å²) in [4.78, 5) is 2.32. The maximum atomic E-state index is 5.81. The van der Waals surface area contributed by atoms with E-state index in [1.165, 1.54) is 25.7 Å². The van der Waals surface area contributed by atoms with Crippen molar-refractivity contribution in [3.05, 3.63) is 42.8 Å². The van der Waals surface area contributed by atoms with E-state index in [0.717, 1.165) is 18.2 Å². The van der Waals surface area contributed by atoms with Gasteiger partial charge in [-0.3, -0.25) is 0 Å².